The second kappa shape index (κ2) is 10.6. The van der Waals surface area contributed by atoms with E-state index in [1.807, 2.05) is 12.1 Å². The lowest BCUT2D eigenvalue weighted by Crippen LogP contribution is -2.31. The summed E-state index contributed by atoms with van der Waals surface area (Å²) in [5.41, 5.74) is 1.56. The molecule has 3 amide bonds. The van der Waals surface area contributed by atoms with Crippen molar-refractivity contribution in [2.24, 2.45) is 0 Å². The van der Waals surface area contributed by atoms with E-state index in [4.69, 9.17) is 9.47 Å². The normalized spacial score (nSPS) is 14.6. The number of amides is 3. The van der Waals surface area contributed by atoms with Gasteiger partial charge in [0.05, 0.1) is 24.2 Å². The van der Waals surface area contributed by atoms with Gasteiger partial charge in [-0.25, -0.2) is 4.79 Å². The summed E-state index contributed by atoms with van der Waals surface area (Å²) in [7, 11) is 1.53. The lowest BCUT2D eigenvalue weighted by Gasteiger charge is -2.12. The second-order valence-corrected chi connectivity index (χ2v) is 7.66. The quantitative estimate of drug-likeness (QED) is 0.476. The molecule has 2 aromatic carbocycles. The largest absolute Gasteiger partial charge is 0.496 e. The van der Waals surface area contributed by atoms with Gasteiger partial charge >= 0.3 is 5.97 Å². The van der Waals surface area contributed by atoms with E-state index in [-0.39, 0.29) is 30.4 Å². The maximum absolute atomic E-state index is 12.6. The van der Waals surface area contributed by atoms with E-state index in [0.29, 0.717) is 22.6 Å². The van der Waals surface area contributed by atoms with Crippen LogP contribution in [0.25, 0.3) is 6.08 Å². The second-order valence-electron chi connectivity index (χ2n) is 6.67. The third-order valence-electron chi connectivity index (χ3n) is 4.54. The van der Waals surface area contributed by atoms with Crippen LogP contribution in [0.5, 0.6) is 5.75 Å². The molecule has 0 unspecified atom stereocenters. The molecule has 0 radical (unpaired) electrons. The van der Waals surface area contributed by atoms with Crippen LogP contribution in [0.15, 0.2) is 53.4 Å². The summed E-state index contributed by atoms with van der Waals surface area (Å²) in [6.07, 6.45) is 1.55. The lowest BCUT2D eigenvalue weighted by molar-refractivity contribution is -0.123. The van der Waals surface area contributed by atoms with Gasteiger partial charge < -0.3 is 14.8 Å². The van der Waals surface area contributed by atoms with E-state index in [1.165, 1.54) is 7.11 Å². The number of rotatable bonds is 8. The van der Waals surface area contributed by atoms with Gasteiger partial charge in [0.15, 0.2) is 0 Å². The number of nitrogens with one attached hydrogen (secondary N) is 1. The van der Waals surface area contributed by atoms with E-state index in [1.54, 1.807) is 49.4 Å². The van der Waals surface area contributed by atoms with Crippen molar-refractivity contribution in [3.63, 3.8) is 0 Å². The Kier molecular flexibility index (Phi) is 7.67. The average molecular weight is 455 g/mol. The molecule has 1 saturated heterocycles. The number of ether oxygens (including phenoxy) is 2. The standard InChI is InChI=1S/C23H22N2O6S/c1-3-31-22(28)15-8-10-17(11-9-15)24-20(26)12-13-25-21(27)19(32-23(25)29)14-16-6-4-5-7-18(16)30-2/h4-11,14H,3,12-13H2,1-2H3,(H,24,26)/b19-14+. The molecule has 166 valence electrons. The molecule has 1 N–H and O–H groups in total. The van der Waals surface area contributed by atoms with Crippen LogP contribution >= 0.6 is 11.8 Å². The number of carbonyl (C=O) groups excluding carboxylic acids is 4. The lowest BCUT2D eigenvalue weighted by atomic mass is 10.2. The number of imide groups is 1. The molecule has 2 aromatic rings. The summed E-state index contributed by atoms with van der Waals surface area (Å²) in [6, 6.07) is 13.4. The zero-order chi connectivity index (χ0) is 23.1. The SMILES string of the molecule is CCOC(=O)c1ccc(NC(=O)CCN2C(=O)S/C(=C/c3ccccc3OC)C2=O)cc1. The van der Waals surface area contributed by atoms with Crippen LogP contribution in [-0.4, -0.2) is 48.2 Å². The van der Waals surface area contributed by atoms with Gasteiger partial charge in [-0.05, 0) is 55.1 Å². The predicted molar refractivity (Wildman–Crippen MR) is 121 cm³/mol. The predicted octanol–water partition coefficient (Wildman–Crippen LogP) is 3.94. The van der Waals surface area contributed by atoms with E-state index in [9.17, 15) is 19.2 Å². The minimum Gasteiger partial charge on any atom is -0.496 e. The van der Waals surface area contributed by atoms with Gasteiger partial charge in [0, 0.05) is 24.2 Å². The van der Waals surface area contributed by atoms with Crippen LogP contribution < -0.4 is 10.1 Å². The molecular formula is C23H22N2O6S. The molecular weight excluding hydrogens is 432 g/mol. The first-order chi connectivity index (χ1) is 15.4. The number of benzene rings is 2. The maximum atomic E-state index is 12.6. The fourth-order valence-electron chi connectivity index (χ4n) is 2.96. The molecule has 32 heavy (non-hydrogen) atoms. The van der Waals surface area contributed by atoms with Gasteiger partial charge in [-0.15, -0.1) is 0 Å². The van der Waals surface area contributed by atoms with Crippen molar-refractivity contribution in [3.05, 3.63) is 64.6 Å². The van der Waals surface area contributed by atoms with Crippen molar-refractivity contribution in [2.75, 3.05) is 25.6 Å². The van der Waals surface area contributed by atoms with Crippen LogP contribution in [0.3, 0.4) is 0 Å². The third-order valence-corrected chi connectivity index (χ3v) is 5.45. The van der Waals surface area contributed by atoms with E-state index >= 15 is 0 Å². The Balaban J connectivity index is 1.58. The fraction of sp³-hybridized carbons (Fsp3) is 0.217. The van der Waals surface area contributed by atoms with Crippen LogP contribution in [0.4, 0.5) is 10.5 Å². The molecule has 1 aliphatic rings. The van der Waals surface area contributed by atoms with Crippen LogP contribution in [0, 0.1) is 0 Å². The first-order valence-electron chi connectivity index (χ1n) is 9.88. The topological polar surface area (TPSA) is 102 Å². The van der Waals surface area contributed by atoms with Crippen LogP contribution in [-0.2, 0) is 14.3 Å². The van der Waals surface area contributed by atoms with E-state index in [0.717, 1.165) is 16.7 Å². The van der Waals surface area contributed by atoms with Crippen molar-refractivity contribution in [2.45, 2.75) is 13.3 Å². The van der Waals surface area contributed by atoms with Crippen molar-refractivity contribution >= 4 is 46.5 Å². The number of esters is 1. The molecule has 1 heterocycles. The summed E-state index contributed by atoms with van der Waals surface area (Å²) in [5.74, 6) is -0.655. The number of anilines is 1. The molecule has 3 rings (SSSR count). The van der Waals surface area contributed by atoms with Crippen molar-refractivity contribution in [1.29, 1.82) is 0 Å². The number of hydrogen-bond donors (Lipinski definition) is 1. The highest BCUT2D eigenvalue weighted by Gasteiger charge is 2.35. The summed E-state index contributed by atoms with van der Waals surface area (Å²) >= 11 is 0.827. The Bertz CT molecular complexity index is 1060. The number of methoxy groups -OCH3 is 1. The third kappa shape index (κ3) is 5.55. The zero-order valence-electron chi connectivity index (χ0n) is 17.6. The molecule has 1 aliphatic heterocycles. The van der Waals surface area contributed by atoms with E-state index < -0.39 is 17.1 Å². The Morgan fingerprint density at radius 3 is 2.50 bits per heavy atom. The van der Waals surface area contributed by atoms with Gasteiger partial charge in [0.2, 0.25) is 5.91 Å². The minimum atomic E-state index is -0.447. The molecule has 0 atom stereocenters. The van der Waals surface area contributed by atoms with Crippen molar-refractivity contribution in [1.82, 2.24) is 4.90 Å². The molecule has 0 aliphatic carbocycles. The molecule has 0 spiro atoms. The number of hydrogen-bond acceptors (Lipinski definition) is 7. The molecule has 0 saturated carbocycles. The van der Waals surface area contributed by atoms with Gasteiger partial charge in [0.1, 0.15) is 5.75 Å². The first-order valence-corrected chi connectivity index (χ1v) is 10.7. The van der Waals surface area contributed by atoms with Gasteiger partial charge in [0.25, 0.3) is 11.1 Å². The average Bonchev–Trinajstić information content (AvgIpc) is 3.05. The Labute approximate surface area is 189 Å². The smallest absolute Gasteiger partial charge is 0.338 e. The zero-order valence-corrected chi connectivity index (χ0v) is 18.4. The minimum absolute atomic E-state index is 0.0410. The maximum Gasteiger partial charge on any atom is 0.338 e. The van der Waals surface area contributed by atoms with Crippen LogP contribution in [0.2, 0.25) is 0 Å². The summed E-state index contributed by atoms with van der Waals surface area (Å²) in [5, 5.41) is 2.25. The number of carbonyl (C=O) groups is 4. The van der Waals surface area contributed by atoms with Gasteiger partial charge in [-0.1, -0.05) is 18.2 Å². The van der Waals surface area contributed by atoms with Gasteiger partial charge in [-0.3, -0.25) is 19.3 Å². The first kappa shape index (κ1) is 23.1. The molecule has 8 nitrogen and oxygen atoms in total. The van der Waals surface area contributed by atoms with E-state index in [2.05, 4.69) is 5.32 Å². The summed E-state index contributed by atoms with van der Waals surface area (Å²) in [4.78, 5) is 50.2. The Hall–Kier alpha value is -3.59. The molecule has 1 fully saturated rings. The summed E-state index contributed by atoms with van der Waals surface area (Å²) in [6.45, 7) is 1.96. The monoisotopic (exact) mass is 454 g/mol. The van der Waals surface area contributed by atoms with Crippen molar-refractivity contribution < 1.29 is 28.7 Å². The number of para-hydroxylation sites is 1. The Morgan fingerprint density at radius 1 is 1.09 bits per heavy atom. The van der Waals surface area contributed by atoms with Gasteiger partial charge in [-0.2, -0.15) is 0 Å². The van der Waals surface area contributed by atoms with Crippen LogP contribution in [0.1, 0.15) is 29.3 Å². The fourth-order valence-corrected chi connectivity index (χ4v) is 3.82. The Morgan fingerprint density at radius 2 is 1.81 bits per heavy atom. The molecule has 0 bridgehead atoms. The molecule has 9 heteroatoms. The molecule has 0 aromatic heterocycles. The summed E-state index contributed by atoms with van der Waals surface area (Å²) < 4.78 is 10.2. The highest BCUT2D eigenvalue weighted by molar-refractivity contribution is 8.18. The van der Waals surface area contributed by atoms with Crippen molar-refractivity contribution in [3.8, 4) is 5.75 Å². The highest BCUT2D eigenvalue weighted by Crippen LogP contribution is 2.34. The highest BCUT2D eigenvalue weighted by atomic mass is 32.2. The number of nitrogens with zero attached hydrogens (tertiary/aromatic N) is 1. The number of thioether (sulfide) groups is 1.